The second-order valence-electron chi connectivity index (χ2n) is 13.5. The molecule has 4 heteroatoms. The first kappa shape index (κ1) is 31.9. The van der Waals surface area contributed by atoms with Crippen molar-refractivity contribution < 1.29 is 17.4 Å². The topological polar surface area (TPSA) is 0 Å². The molecule has 0 aromatic heterocycles. The van der Waals surface area contributed by atoms with Crippen LogP contribution in [0.3, 0.4) is 0 Å². The number of fused-ring (bicyclic) bond motifs is 3. The number of rotatable bonds is 4. The first-order valence-corrected chi connectivity index (χ1v) is 28.6. The molecule has 0 aliphatic heterocycles. The van der Waals surface area contributed by atoms with Crippen molar-refractivity contribution in [3.05, 3.63) is 143 Å². The van der Waals surface area contributed by atoms with Crippen LogP contribution in [0, 0.1) is 0 Å². The van der Waals surface area contributed by atoms with E-state index in [-0.39, 0.29) is 24.8 Å². The Labute approximate surface area is 271 Å². The van der Waals surface area contributed by atoms with Gasteiger partial charge in [-0.3, -0.25) is 0 Å². The zero-order valence-corrected chi connectivity index (χ0v) is 31.2. The Morgan fingerprint density at radius 3 is 1.91 bits per heavy atom. The van der Waals surface area contributed by atoms with E-state index in [1.807, 2.05) is 0 Å². The molecule has 0 bridgehead atoms. The third-order valence-corrected chi connectivity index (χ3v) is 28.0. The summed E-state index contributed by atoms with van der Waals surface area (Å²) in [7, 11) is 0. The largest absolute Gasteiger partial charge is 0.147 e. The van der Waals surface area contributed by atoms with Gasteiger partial charge in [0.1, 0.15) is 0 Å². The van der Waals surface area contributed by atoms with Crippen LogP contribution in [-0.4, -0.2) is 6.88 Å². The third-order valence-electron chi connectivity index (χ3n) is 10.1. The van der Waals surface area contributed by atoms with E-state index in [9.17, 15) is 0 Å². The Kier molecular flexibility index (Phi) is 8.51. The van der Waals surface area contributed by atoms with Crippen molar-refractivity contribution >= 4 is 54.1 Å². The van der Waals surface area contributed by atoms with Crippen LogP contribution in [-0.2, 0) is 17.4 Å². The fourth-order valence-electron chi connectivity index (χ4n) is 8.63. The standard InChI is InChI=1S/C20H15.C17H15.2CH3.2ClH.H2Si.Zr/c1-14-12-16-8-5-11-19(20(16)13-14)18-10-4-7-15-6-2-3-9-17(15)18;1-12-11-15-9-6-10-16(17(15)13(12)2)14-7-4-3-5-8-14;;;;;;/h2-13H,1H3;3-11H,1-2H3;2*1H3;2*1H;1H2;. The summed E-state index contributed by atoms with van der Waals surface area (Å²) in [5.41, 5.74) is 16.1. The van der Waals surface area contributed by atoms with Crippen molar-refractivity contribution in [1.29, 1.82) is 0 Å². The van der Waals surface area contributed by atoms with Gasteiger partial charge in [0.15, 0.2) is 0 Å². The third kappa shape index (κ3) is 4.90. The smallest absolute Gasteiger partial charge is 0.147 e. The zero-order chi connectivity index (χ0) is 28.5. The molecule has 0 spiro atoms. The summed E-state index contributed by atoms with van der Waals surface area (Å²) in [6, 6.07) is 40.7. The molecule has 2 aliphatic rings. The molecule has 5 aromatic carbocycles. The fourth-order valence-corrected chi connectivity index (χ4v) is 29.9. The molecule has 0 nitrogen and oxygen atoms in total. The van der Waals surface area contributed by atoms with Crippen molar-refractivity contribution in [2.24, 2.45) is 0 Å². The van der Waals surface area contributed by atoms with Gasteiger partial charge in [0.25, 0.3) is 0 Å². The van der Waals surface area contributed by atoms with Crippen LogP contribution in [0.4, 0.5) is 0 Å². The summed E-state index contributed by atoms with van der Waals surface area (Å²) < 4.78 is 6.52. The van der Waals surface area contributed by atoms with Gasteiger partial charge in [-0.05, 0) is 0 Å². The number of benzene rings is 5. The SMILES string of the molecule is CC1=Cc2c(-c3cccc4ccccc34)cccc2[CH]1[Zr]([CH3])([CH3])(=[SiH2])[CH]1C(C)=C(C)c2c(-c3ccccc3)cccc21.Cl.Cl. The summed E-state index contributed by atoms with van der Waals surface area (Å²) >= 11 is -3.60. The van der Waals surface area contributed by atoms with Crippen molar-refractivity contribution in [3.63, 3.8) is 0 Å². The molecule has 0 heterocycles. The van der Waals surface area contributed by atoms with E-state index in [1.165, 1.54) is 49.7 Å². The molecule has 0 fully saturated rings. The quantitative estimate of drug-likeness (QED) is 0.164. The Hall–Kier alpha value is -2.48. The molecule has 2 atom stereocenters. The van der Waals surface area contributed by atoms with Gasteiger partial charge in [-0.1, -0.05) is 0 Å². The predicted octanol–water partition coefficient (Wildman–Crippen LogP) is 11.4. The molecular formula is C39H40Cl2SiZr. The van der Waals surface area contributed by atoms with E-state index in [1.54, 1.807) is 22.3 Å². The maximum atomic E-state index is 2.74. The fraction of sp³-hybridized carbons (Fsp3) is 0.179. The van der Waals surface area contributed by atoms with Gasteiger partial charge in [0, 0.05) is 0 Å². The normalized spacial score (nSPS) is 17.6. The molecule has 0 saturated carbocycles. The van der Waals surface area contributed by atoms with Gasteiger partial charge < -0.3 is 0 Å². The van der Waals surface area contributed by atoms with E-state index in [2.05, 4.69) is 152 Å². The Morgan fingerprint density at radius 1 is 0.581 bits per heavy atom. The summed E-state index contributed by atoms with van der Waals surface area (Å²) in [6.07, 6.45) is 2.54. The average Bonchev–Trinajstić information content (AvgIpc) is 3.47. The molecule has 7 rings (SSSR count). The van der Waals surface area contributed by atoms with E-state index in [0.29, 0.717) is 7.25 Å². The monoisotopic (exact) mass is 696 g/mol. The Bertz CT molecular complexity index is 2010. The van der Waals surface area contributed by atoms with Crippen LogP contribution in [0.15, 0.2) is 120 Å². The first-order chi connectivity index (χ1) is 19.7. The Balaban J connectivity index is 0.00000184. The maximum Gasteiger partial charge on any atom is -0.147 e. The molecule has 2 unspecified atom stereocenters. The molecular weight excluding hydrogens is 659 g/mol. The van der Waals surface area contributed by atoms with Crippen molar-refractivity contribution in [2.45, 2.75) is 37.3 Å². The number of hydrogen-bond donors (Lipinski definition) is 0. The Morgan fingerprint density at radius 2 is 1.16 bits per heavy atom. The van der Waals surface area contributed by atoms with E-state index < -0.39 is 17.4 Å². The zero-order valence-electron chi connectivity index (χ0n) is 25.6. The molecule has 5 aromatic rings. The van der Waals surface area contributed by atoms with Crippen LogP contribution < -0.4 is 0 Å². The molecule has 218 valence electrons. The summed E-state index contributed by atoms with van der Waals surface area (Å²) in [6.45, 7) is 9.66. The van der Waals surface area contributed by atoms with Crippen LogP contribution in [0.2, 0.25) is 9.26 Å². The minimum atomic E-state index is -3.60. The van der Waals surface area contributed by atoms with Gasteiger partial charge in [-0.25, -0.2) is 0 Å². The summed E-state index contributed by atoms with van der Waals surface area (Å²) in [4.78, 5) is 0. The van der Waals surface area contributed by atoms with E-state index in [4.69, 9.17) is 0 Å². The van der Waals surface area contributed by atoms with Crippen molar-refractivity contribution in [3.8, 4) is 22.3 Å². The van der Waals surface area contributed by atoms with Crippen molar-refractivity contribution in [1.82, 2.24) is 0 Å². The number of halogens is 2. The maximum absolute atomic E-state index is 3.60. The molecule has 0 N–H and O–H groups in total. The number of allylic oxidation sites excluding steroid dienone is 3. The van der Waals surface area contributed by atoms with Gasteiger partial charge in [0.05, 0.1) is 0 Å². The predicted molar refractivity (Wildman–Crippen MR) is 193 cm³/mol. The van der Waals surface area contributed by atoms with Crippen LogP contribution in [0.25, 0.3) is 44.7 Å². The molecule has 0 saturated heterocycles. The van der Waals surface area contributed by atoms with E-state index in [0.717, 1.165) is 0 Å². The average molecular weight is 699 g/mol. The van der Waals surface area contributed by atoms with Crippen LogP contribution >= 0.6 is 24.8 Å². The number of hydrogen-bond acceptors (Lipinski definition) is 0. The second kappa shape index (κ2) is 11.5. The van der Waals surface area contributed by atoms with Crippen LogP contribution in [0.5, 0.6) is 0 Å². The molecule has 43 heavy (non-hydrogen) atoms. The first-order valence-electron chi connectivity index (χ1n) is 14.9. The summed E-state index contributed by atoms with van der Waals surface area (Å²) in [5, 5.41) is 2.64. The minimum absolute atomic E-state index is 0. The van der Waals surface area contributed by atoms with E-state index >= 15 is 0 Å². The van der Waals surface area contributed by atoms with Gasteiger partial charge in [0.2, 0.25) is 0 Å². The van der Waals surface area contributed by atoms with Gasteiger partial charge in [-0.15, -0.1) is 24.8 Å². The minimum Gasteiger partial charge on any atom is -0.147 e. The molecule has 0 amide bonds. The summed E-state index contributed by atoms with van der Waals surface area (Å²) in [5.74, 6) is 0. The van der Waals surface area contributed by atoms with Gasteiger partial charge >= 0.3 is 249 Å². The van der Waals surface area contributed by atoms with Crippen LogP contribution in [0.1, 0.15) is 50.3 Å². The molecule has 2 aliphatic carbocycles. The van der Waals surface area contributed by atoms with Crippen molar-refractivity contribution in [2.75, 3.05) is 0 Å². The second-order valence-corrected chi connectivity index (χ2v) is 43.9. The van der Waals surface area contributed by atoms with Gasteiger partial charge in [-0.2, -0.15) is 0 Å². The molecule has 0 radical (unpaired) electrons.